The molecule has 0 amide bonds. The van der Waals surface area contributed by atoms with Crippen LogP contribution in [-0.4, -0.2) is 11.1 Å². The average molecular weight is 283 g/mol. The Hall–Kier alpha value is -0.830. The molecule has 3 heteroatoms. The summed E-state index contributed by atoms with van der Waals surface area (Å²) < 4.78 is 1.10. The molecule has 0 bridgehead atoms. The number of fused-ring (bicyclic) bond motifs is 1. The third-order valence-corrected chi connectivity index (χ3v) is 4.23. The number of rotatable bonds is 2. The lowest BCUT2D eigenvalue weighted by Gasteiger charge is -2.26. The molecule has 1 aromatic carbocycles. The van der Waals surface area contributed by atoms with Crippen LogP contribution in [0.15, 0.2) is 22.7 Å². The molecule has 0 saturated heterocycles. The van der Waals surface area contributed by atoms with Crippen molar-refractivity contribution >= 4 is 21.9 Å². The Morgan fingerprint density at radius 3 is 2.88 bits per heavy atom. The number of carboxylic acid groups (broad SMARTS) is 1. The summed E-state index contributed by atoms with van der Waals surface area (Å²) in [6, 6.07) is 6.07. The molecule has 0 radical (unpaired) electrons. The predicted molar refractivity (Wildman–Crippen MR) is 66.6 cm³/mol. The number of carboxylic acids is 1. The van der Waals surface area contributed by atoms with E-state index in [4.69, 9.17) is 5.11 Å². The minimum Gasteiger partial charge on any atom is -0.481 e. The third kappa shape index (κ3) is 1.88. The maximum atomic E-state index is 10.9. The minimum absolute atomic E-state index is 0.0323. The number of carbonyl (C=O) groups is 1. The van der Waals surface area contributed by atoms with Gasteiger partial charge < -0.3 is 5.11 Å². The van der Waals surface area contributed by atoms with E-state index in [-0.39, 0.29) is 17.8 Å². The first kappa shape index (κ1) is 11.6. The molecule has 1 atom stereocenters. The van der Waals surface area contributed by atoms with Crippen LogP contribution in [0.3, 0.4) is 0 Å². The van der Waals surface area contributed by atoms with E-state index in [1.54, 1.807) is 0 Å². The van der Waals surface area contributed by atoms with Crippen LogP contribution in [0, 0.1) is 5.41 Å². The summed E-state index contributed by atoms with van der Waals surface area (Å²) in [4.78, 5) is 10.9. The molecule has 2 nitrogen and oxygen atoms in total. The molecule has 0 aromatic heterocycles. The number of hydrogen-bond acceptors (Lipinski definition) is 1. The monoisotopic (exact) mass is 282 g/mol. The normalized spacial score (nSPS) is 21.8. The van der Waals surface area contributed by atoms with E-state index < -0.39 is 5.97 Å². The average Bonchev–Trinajstić information content (AvgIpc) is 2.41. The second kappa shape index (κ2) is 3.88. The van der Waals surface area contributed by atoms with Crippen LogP contribution in [0.25, 0.3) is 0 Å². The molecule has 1 unspecified atom stereocenters. The third-order valence-electron chi connectivity index (χ3n) is 3.48. The first-order valence-electron chi connectivity index (χ1n) is 5.41. The minimum atomic E-state index is -0.717. The van der Waals surface area contributed by atoms with E-state index in [2.05, 4.69) is 35.8 Å². The lowest BCUT2D eigenvalue weighted by Crippen LogP contribution is -2.20. The highest BCUT2D eigenvalue weighted by Gasteiger charge is 2.40. The van der Waals surface area contributed by atoms with Crippen LogP contribution in [0.2, 0.25) is 0 Å². The van der Waals surface area contributed by atoms with Crippen LogP contribution in [0.5, 0.6) is 0 Å². The van der Waals surface area contributed by atoms with Crippen molar-refractivity contribution in [3.8, 4) is 0 Å². The highest BCUT2D eigenvalue weighted by Crippen LogP contribution is 2.50. The van der Waals surface area contributed by atoms with Gasteiger partial charge in [-0.15, -0.1) is 0 Å². The lowest BCUT2D eigenvalue weighted by molar-refractivity contribution is -0.138. The number of benzene rings is 1. The van der Waals surface area contributed by atoms with Crippen molar-refractivity contribution in [2.75, 3.05) is 0 Å². The van der Waals surface area contributed by atoms with Gasteiger partial charge in [-0.25, -0.2) is 0 Å². The molecule has 0 fully saturated rings. The van der Waals surface area contributed by atoms with Crippen molar-refractivity contribution in [3.05, 3.63) is 33.8 Å². The number of hydrogen-bond donors (Lipinski definition) is 1. The van der Waals surface area contributed by atoms with E-state index in [1.807, 2.05) is 12.1 Å². The molecule has 86 valence electrons. The summed E-state index contributed by atoms with van der Waals surface area (Å²) in [6.07, 6.45) is 1.16. The Balaban J connectivity index is 2.45. The molecule has 1 aliphatic rings. The molecule has 2 rings (SSSR count). The highest BCUT2D eigenvalue weighted by atomic mass is 79.9. The van der Waals surface area contributed by atoms with Gasteiger partial charge in [-0.1, -0.05) is 41.9 Å². The van der Waals surface area contributed by atoms with Gasteiger partial charge in [-0.05, 0) is 29.0 Å². The molecule has 1 aromatic rings. The maximum Gasteiger partial charge on any atom is 0.303 e. The lowest BCUT2D eigenvalue weighted by atomic mass is 9.78. The Morgan fingerprint density at radius 1 is 1.56 bits per heavy atom. The zero-order valence-electron chi connectivity index (χ0n) is 9.46. The molecular weight excluding hydrogens is 268 g/mol. The fourth-order valence-corrected chi connectivity index (χ4v) is 3.17. The van der Waals surface area contributed by atoms with Crippen LogP contribution in [0.1, 0.15) is 37.3 Å². The first-order chi connectivity index (χ1) is 7.42. The van der Waals surface area contributed by atoms with Gasteiger partial charge in [0.15, 0.2) is 0 Å². The zero-order valence-corrected chi connectivity index (χ0v) is 11.0. The molecule has 16 heavy (non-hydrogen) atoms. The van der Waals surface area contributed by atoms with Gasteiger partial charge in [0.25, 0.3) is 0 Å². The molecule has 0 heterocycles. The second-order valence-electron chi connectivity index (χ2n) is 5.12. The molecule has 1 N–H and O–H groups in total. The zero-order chi connectivity index (χ0) is 11.9. The highest BCUT2D eigenvalue weighted by molar-refractivity contribution is 9.10. The van der Waals surface area contributed by atoms with E-state index in [9.17, 15) is 4.79 Å². The van der Waals surface area contributed by atoms with Crippen molar-refractivity contribution in [2.45, 2.75) is 32.6 Å². The van der Waals surface area contributed by atoms with Crippen molar-refractivity contribution in [1.29, 1.82) is 0 Å². The van der Waals surface area contributed by atoms with E-state index in [0.717, 1.165) is 10.9 Å². The van der Waals surface area contributed by atoms with Gasteiger partial charge in [-0.3, -0.25) is 4.79 Å². The standard InChI is InChI=1S/C13H15BrO2/c1-13(2)7-9-8(4-3-5-11(9)14)10(13)6-12(15)16/h3-5,10H,6-7H2,1-2H3,(H,15,16). The fourth-order valence-electron chi connectivity index (χ4n) is 2.65. The molecule has 0 spiro atoms. The Bertz CT molecular complexity index is 438. The Labute approximate surface area is 104 Å². The van der Waals surface area contributed by atoms with Gasteiger partial charge in [0.2, 0.25) is 0 Å². The van der Waals surface area contributed by atoms with E-state index in [0.29, 0.717) is 0 Å². The van der Waals surface area contributed by atoms with Crippen LogP contribution >= 0.6 is 15.9 Å². The van der Waals surface area contributed by atoms with Gasteiger partial charge >= 0.3 is 5.97 Å². The largest absolute Gasteiger partial charge is 0.481 e. The van der Waals surface area contributed by atoms with Crippen molar-refractivity contribution < 1.29 is 9.90 Å². The number of aliphatic carboxylic acids is 1. The fraction of sp³-hybridized carbons (Fsp3) is 0.462. The molecule has 0 saturated carbocycles. The summed E-state index contributed by atoms with van der Waals surface area (Å²) >= 11 is 3.55. The summed E-state index contributed by atoms with van der Waals surface area (Å²) in [5, 5.41) is 8.99. The quantitative estimate of drug-likeness (QED) is 0.900. The summed E-state index contributed by atoms with van der Waals surface area (Å²) in [5.74, 6) is -0.594. The topological polar surface area (TPSA) is 37.3 Å². The van der Waals surface area contributed by atoms with Crippen molar-refractivity contribution in [3.63, 3.8) is 0 Å². The van der Waals surface area contributed by atoms with Crippen LogP contribution in [-0.2, 0) is 11.2 Å². The second-order valence-corrected chi connectivity index (χ2v) is 5.98. The molecule has 1 aliphatic carbocycles. The summed E-state index contributed by atoms with van der Waals surface area (Å²) in [6.45, 7) is 4.29. The van der Waals surface area contributed by atoms with Crippen molar-refractivity contribution in [2.24, 2.45) is 5.41 Å². The summed E-state index contributed by atoms with van der Waals surface area (Å²) in [7, 11) is 0. The van der Waals surface area contributed by atoms with E-state index in [1.165, 1.54) is 11.1 Å². The van der Waals surface area contributed by atoms with Gasteiger partial charge in [0, 0.05) is 10.4 Å². The van der Waals surface area contributed by atoms with Crippen molar-refractivity contribution in [1.82, 2.24) is 0 Å². The Morgan fingerprint density at radius 2 is 2.25 bits per heavy atom. The smallest absolute Gasteiger partial charge is 0.303 e. The van der Waals surface area contributed by atoms with Gasteiger partial charge in [0.1, 0.15) is 0 Å². The first-order valence-corrected chi connectivity index (χ1v) is 6.20. The summed E-state index contributed by atoms with van der Waals surface area (Å²) in [5.41, 5.74) is 2.51. The van der Waals surface area contributed by atoms with Crippen LogP contribution in [0.4, 0.5) is 0 Å². The molecular formula is C13H15BrO2. The molecule has 0 aliphatic heterocycles. The van der Waals surface area contributed by atoms with Gasteiger partial charge in [0.05, 0.1) is 6.42 Å². The Kier molecular flexibility index (Phi) is 2.82. The van der Waals surface area contributed by atoms with Gasteiger partial charge in [-0.2, -0.15) is 0 Å². The van der Waals surface area contributed by atoms with Crippen LogP contribution < -0.4 is 0 Å². The predicted octanol–water partition coefficient (Wildman–Crippen LogP) is 3.59. The number of halogens is 1. The maximum absolute atomic E-state index is 10.9. The van der Waals surface area contributed by atoms with E-state index >= 15 is 0 Å². The SMILES string of the molecule is CC1(C)Cc2c(Br)cccc2C1CC(=O)O.